The number of hydrogen-bond acceptors (Lipinski definition) is 6. The maximum absolute atomic E-state index is 5.91. The minimum atomic E-state index is 0.415. The molecule has 0 fully saturated rings. The molecule has 18 heavy (non-hydrogen) atoms. The minimum absolute atomic E-state index is 0.415. The van der Waals surface area contributed by atoms with Gasteiger partial charge < -0.3 is 10.3 Å². The van der Waals surface area contributed by atoms with Crippen LogP contribution in [0.1, 0.15) is 17.4 Å². The Labute approximate surface area is 102 Å². The second kappa shape index (κ2) is 3.56. The normalized spacial score (nSPS) is 11.5. The fourth-order valence-corrected chi connectivity index (χ4v) is 2.05. The van der Waals surface area contributed by atoms with Gasteiger partial charge in [-0.2, -0.15) is 10.1 Å². The first kappa shape index (κ1) is 10.8. The van der Waals surface area contributed by atoms with Crippen LogP contribution in [0, 0.1) is 13.8 Å². The first-order chi connectivity index (χ1) is 8.56. The van der Waals surface area contributed by atoms with Crippen LogP contribution in [0.5, 0.6) is 0 Å². The third kappa shape index (κ3) is 1.45. The summed E-state index contributed by atoms with van der Waals surface area (Å²) in [6, 6.07) is 0. The molecule has 8 heteroatoms. The lowest BCUT2D eigenvalue weighted by molar-refractivity contribution is 0.386. The maximum Gasteiger partial charge on any atom is 0.223 e. The van der Waals surface area contributed by atoms with Gasteiger partial charge in [0.1, 0.15) is 5.52 Å². The standard InChI is InChI=1S/C10H13N7O/c1-5-8-9(16(3)14-5)17(10(11)13-8)4-7-12-6(2)18-15-7/h4H2,1-3H3,(H2,11,13). The van der Waals surface area contributed by atoms with E-state index in [4.69, 9.17) is 10.3 Å². The average molecular weight is 247 g/mol. The number of fused-ring (bicyclic) bond motifs is 1. The highest BCUT2D eigenvalue weighted by Crippen LogP contribution is 2.20. The van der Waals surface area contributed by atoms with Crippen molar-refractivity contribution in [2.45, 2.75) is 20.4 Å². The average Bonchev–Trinajstić information content (AvgIpc) is 2.91. The van der Waals surface area contributed by atoms with Gasteiger partial charge in [-0.05, 0) is 6.92 Å². The third-order valence-corrected chi connectivity index (χ3v) is 2.79. The van der Waals surface area contributed by atoms with Crippen LogP contribution in [-0.2, 0) is 13.6 Å². The van der Waals surface area contributed by atoms with Crippen molar-refractivity contribution in [2.24, 2.45) is 7.05 Å². The number of imidazole rings is 1. The largest absolute Gasteiger partial charge is 0.369 e. The van der Waals surface area contributed by atoms with Gasteiger partial charge in [0.05, 0.1) is 12.2 Å². The predicted octanol–water partition coefficient (Wildman–Crippen LogP) is 0.400. The number of nitrogens with zero attached hydrogens (tertiary/aromatic N) is 6. The zero-order valence-corrected chi connectivity index (χ0v) is 10.4. The molecule has 0 aliphatic rings. The van der Waals surface area contributed by atoms with E-state index in [1.165, 1.54) is 0 Å². The Bertz CT molecular complexity index is 720. The van der Waals surface area contributed by atoms with Crippen LogP contribution in [0.4, 0.5) is 5.95 Å². The summed E-state index contributed by atoms with van der Waals surface area (Å²) < 4.78 is 8.51. The van der Waals surface area contributed by atoms with E-state index in [0.29, 0.717) is 24.2 Å². The Morgan fingerprint density at radius 1 is 1.28 bits per heavy atom. The van der Waals surface area contributed by atoms with Crippen molar-refractivity contribution in [3.05, 3.63) is 17.4 Å². The fraction of sp³-hybridized carbons (Fsp3) is 0.400. The van der Waals surface area contributed by atoms with Gasteiger partial charge in [0, 0.05) is 14.0 Å². The van der Waals surface area contributed by atoms with Crippen molar-refractivity contribution >= 4 is 17.1 Å². The summed E-state index contributed by atoms with van der Waals surface area (Å²) in [5.41, 5.74) is 8.42. The number of nitrogen functional groups attached to an aromatic ring is 1. The summed E-state index contributed by atoms with van der Waals surface area (Å²) >= 11 is 0. The first-order valence-corrected chi connectivity index (χ1v) is 5.50. The molecular formula is C10H13N7O. The molecule has 0 amide bonds. The molecule has 0 unspecified atom stereocenters. The number of hydrogen-bond donors (Lipinski definition) is 1. The van der Waals surface area contributed by atoms with E-state index in [0.717, 1.165) is 16.9 Å². The molecule has 0 aromatic carbocycles. The van der Waals surface area contributed by atoms with E-state index >= 15 is 0 Å². The summed E-state index contributed by atoms with van der Waals surface area (Å²) in [7, 11) is 1.86. The highest BCUT2D eigenvalue weighted by atomic mass is 16.5. The monoisotopic (exact) mass is 247 g/mol. The van der Waals surface area contributed by atoms with Crippen molar-refractivity contribution < 1.29 is 4.52 Å². The first-order valence-electron chi connectivity index (χ1n) is 5.50. The molecule has 0 aliphatic heterocycles. The van der Waals surface area contributed by atoms with Crippen LogP contribution in [0.25, 0.3) is 11.2 Å². The predicted molar refractivity (Wildman–Crippen MR) is 63.8 cm³/mol. The Morgan fingerprint density at radius 2 is 2.06 bits per heavy atom. The number of rotatable bonds is 2. The fourth-order valence-electron chi connectivity index (χ4n) is 2.05. The smallest absolute Gasteiger partial charge is 0.223 e. The van der Waals surface area contributed by atoms with Gasteiger partial charge in [0.15, 0.2) is 11.5 Å². The van der Waals surface area contributed by atoms with Gasteiger partial charge in [-0.25, -0.2) is 4.98 Å². The zero-order valence-electron chi connectivity index (χ0n) is 10.4. The van der Waals surface area contributed by atoms with Crippen molar-refractivity contribution in [3.63, 3.8) is 0 Å². The molecule has 94 valence electrons. The van der Waals surface area contributed by atoms with E-state index in [2.05, 4.69) is 20.2 Å². The second-order valence-corrected chi connectivity index (χ2v) is 4.17. The molecule has 3 rings (SSSR count). The second-order valence-electron chi connectivity index (χ2n) is 4.17. The van der Waals surface area contributed by atoms with E-state index < -0.39 is 0 Å². The van der Waals surface area contributed by atoms with Crippen molar-refractivity contribution in [1.82, 2.24) is 29.5 Å². The van der Waals surface area contributed by atoms with Crippen molar-refractivity contribution in [2.75, 3.05) is 5.73 Å². The van der Waals surface area contributed by atoms with E-state index in [9.17, 15) is 0 Å². The van der Waals surface area contributed by atoms with Crippen LogP contribution >= 0.6 is 0 Å². The highest BCUT2D eigenvalue weighted by molar-refractivity contribution is 5.77. The molecule has 2 N–H and O–H groups in total. The lowest BCUT2D eigenvalue weighted by Crippen LogP contribution is -2.09. The molecule has 0 bridgehead atoms. The SMILES string of the molecule is Cc1nc(Cn2c(N)nc3c(C)nn(C)c32)no1. The molecule has 3 heterocycles. The van der Waals surface area contributed by atoms with E-state index in [1.54, 1.807) is 11.6 Å². The Balaban J connectivity index is 2.13. The van der Waals surface area contributed by atoms with E-state index in [1.807, 2.05) is 18.5 Å². The van der Waals surface area contributed by atoms with Gasteiger partial charge in [-0.1, -0.05) is 5.16 Å². The summed E-state index contributed by atoms with van der Waals surface area (Å²) in [5.74, 6) is 1.52. The molecule has 0 saturated heterocycles. The lowest BCUT2D eigenvalue weighted by Gasteiger charge is -2.03. The van der Waals surface area contributed by atoms with Gasteiger partial charge in [0.25, 0.3) is 0 Å². The summed E-state index contributed by atoms with van der Waals surface area (Å²) in [6.07, 6.45) is 0. The van der Waals surface area contributed by atoms with Crippen LogP contribution in [0.2, 0.25) is 0 Å². The van der Waals surface area contributed by atoms with Gasteiger partial charge in [0.2, 0.25) is 11.8 Å². The van der Waals surface area contributed by atoms with Crippen LogP contribution in [0.15, 0.2) is 4.52 Å². The summed E-state index contributed by atoms with van der Waals surface area (Å²) in [6.45, 7) is 4.06. The molecule has 8 nitrogen and oxygen atoms in total. The minimum Gasteiger partial charge on any atom is -0.369 e. The molecule has 3 aromatic rings. The third-order valence-electron chi connectivity index (χ3n) is 2.79. The van der Waals surface area contributed by atoms with Gasteiger partial charge >= 0.3 is 0 Å². The topological polar surface area (TPSA) is 101 Å². The van der Waals surface area contributed by atoms with Gasteiger partial charge in [-0.3, -0.25) is 9.25 Å². The number of aryl methyl sites for hydroxylation is 3. The zero-order chi connectivity index (χ0) is 12.9. The number of anilines is 1. The lowest BCUT2D eigenvalue weighted by atomic mass is 10.4. The maximum atomic E-state index is 5.91. The van der Waals surface area contributed by atoms with Crippen LogP contribution in [-0.4, -0.2) is 29.5 Å². The summed E-state index contributed by atoms with van der Waals surface area (Å²) in [5, 5.41) is 8.17. The number of aromatic nitrogens is 6. The Morgan fingerprint density at radius 3 is 2.72 bits per heavy atom. The molecule has 0 atom stereocenters. The van der Waals surface area contributed by atoms with Gasteiger partial charge in [-0.15, -0.1) is 0 Å². The van der Waals surface area contributed by atoms with E-state index in [-0.39, 0.29) is 0 Å². The molecule has 0 aliphatic carbocycles. The molecular weight excluding hydrogens is 234 g/mol. The van der Waals surface area contributed by atoms with Crippen LogP contribution in [0.3, 0.4) is 0 Å². The summed E-state index contributed by atoms with van der Waals surface area (Å²) in [4.78, 5) is 8.47. The molecule has 0 spiro atoms. The molecule has 3 aromatic heterocycles. The van der Waals surface area contributed by atoms with Crippen LogP contribution < -0.4 is 5.73 Å². The number of nitrogens with two attached hydrogens (primary N) is 1. The highest BCUT2D eigenvalue weighted by Gasteiger charge is 2.17. The quantitative estimate of drug-likeness (QED) is 0.703. The Hall–Kier alpha value is -2.38. The van der Waals surface area contributed by atoms with Crippen molar-refractivity contribution in [1.29, 1.82) is 0 Å². The van der Waals surface area contributed by atoms with Crippen molar-refractivity contribution in [3.8, 4) is 0 Å². The Kier molecular flexibility index (Phi) is 2.12. The molecule has 0 radical (unpaired) electrons. The molecule has 0 saturated carbocycles.